The number of likely N-dealkylation sites (tertiary alicyclic amines) is 2. The summed E-state index contributed by atoms with van der Waals surface area (Å²) >= 11 is 0. The predicted octanol–water partition coefficient (Wildman–Crippen LogP) is 4.41. The lowest BCUT2D eigenvalue weighted by Gasteiger charge is -2.30. The summed E-state index contributed by atoms with van der Waals surface area (Å²) in [6.45, 7) is 1.95. The molecule has 0 bridgehead atoms. The van der Waals surface area contributed by atoms with Crippen molar-refractivity contribution in [2.75, 3.05) is 53.5 Å². The van der Waals surface area contributed by atoms with E-state index in [2.05, 4.69) is 25.9 Å². The number of carbonyl (C=O) groups excluding carboxylic acids is 4. The minimum absolute atomic E-state index is 0.0133. The van der Waals surface area contributed by atoms with Crippen LogP contribution in [0.25, 0.3) is 11.4 Å². The number of hydrogen-bond donors (Lipinski definition) is 5. The molecule has 6 N–H and O–H groups in total. The van der Waals surface area contributed by atoms with Crippen LogP contribution in [0.1, 0.15) is 63.8 Å². The lowest BCUT2D eigenvalue weighted by molar-refractivity contribution is -0.145. The number of benzene rings is 4. The SMILES string of the molecule is COc1ccc(-c2noc(C3CCN(C(=O)CNC(=O)c4ccccc4)CC3)n2)cc1.COc1ccc(C(N)=NO)cc1.O=C(NCC(=O)N1CCC(C(=O)O)CC1)c1ccccc1. The zero-order valence-corrected chi connectivity index (χ0v) is 35.6. The standard InChI is InChI=1S/C23H24N4O4.C15H18N2O4.C8H10N2O2/c1-30-19-9-7-16(8-10-19)21-25-23(31-26-21)18-11-13-27(14-12-18)20(28)15-24-22(29)17-5-3-2-4-6-17;18-13(17-8-6-12(7-9-17)15(20)21)10-16-14(19)11-4-2-1-3-5-11;1-12-7-4-2-6(3-5-7)8(9)10-11/h2-10,18H,11-15H2,1H3,(H,24,29);1-5,12H,6-10H2,(H,16,19)(H,20,21);2-5,11H,1H3,(H2,9,10). The number of carbonyl (C=O) groups is 5. The first kappa shape index (κ1) is 47.3. The number of nitrogens with zero attached hydrogens (tertiary/aromatic N) is 5. The number of nitrogens with two attached hydrogens (primary N) is 1. The van der Waals surface area contributed by atoms with E-state index in [1.54, 1.807) is 96.8 Å². The van der Waals surface area contributed by atoms with Gasteiger partial charge in [0, 0.05) is 54.4 Å². The molecule has 2 saturated heterocycles. The Morgan fingerprint density at radius 2 is 1.14 bits per heavy atom. The number of amidine groups is 1. The highest BCUT2D eigenvalue weighted by Gasteiger charge is 2.29. The molecule has 0 spiro atoms. The Morgan fingerprint density at radius 3 is 1.58 bits per heavy atom. The molecule has 0 saturated carbocycles. The summed E-state index contributed by atoms with van der Waals surface area (Å²) in [4.78, 5) is 67.1. The molecule has 1 aromatic heterocycles. The Hall–Kier alpha value is -7.76. The maximum absolute atomic E-state index is 12.5. The fourth-order valence-corrected chi connectivity index (χ4v) is 6.75. The van der Waals surface area contributed by atoms with Crippen molar-refractivity contribution in [1.82, 2.24) is 30.6 Å². The minimum atomic E-state index is -0.806. The van der Waals surface area contributed by atoms with Gasteiger partial charge >= 0.3 is 5.97 Å². The zero-order valence-electron chi connectivity index (χ0n) is 35.6. The Kier molecular flexibility index (Phi) is 17.8. The molecule has 2 aliphatic rings. The van der Waals surface area contributed by atoms with Crippen molar-refractivity contribution in [2.45, 2.75) is 31.6 Å². The van der Waals surface area contributed by atoms with Gasteiger partial charge < -0.3 is 50.5 Å². The number of hydrogen-bond acceptors (Lipinski definition) is 12. The highest BCUT2D eigenvalue weighted by molar-refractivity contribution is 5.98. The van der Waals surface area contributed by atoms with Gasteiger partial charge in [-0.2, -0.15) is 4.98 Å². The van der Waals surface area contributed by atoms with Crippen LogP contribution in [0.2, 0.25) is 0 Å². The van der Waals surface area contributed by atoms with Crippen molar-refractivity contribution in [3.05, 3.63) is 132 Å². The number of aliphatic carboxylic acids is 1. The van der Waals surface area contributed by atoms with Gasteiger partial charge in [0.15, 0.2) is 5.84 Å². The molecule has 2 aliphatic heterocycles. The first-order chi connectivity index (χ1) is 31.0. The summed E-state index contributed by atoms with van der Waals surface area (Å²) in [6.07, 6.45) is 2.41. The number of nitrogens with one attached hydrogen (secondary N) is 2. The smallest absolute Gasteiger partial charge is 0.306 e. The molecule has 7 rings (SSSR count). The lowest BCUT2D eigenvalue weighted by atomic mass is 9.96. The van der Waals surface area contributed by atoms with Gasteiger partial charge in [-0.1, -0.05) is 46.7 Å². The van der Waals surface area contributed by atoms with Gasteiger partial charge in [-0.05, 0) is 98.5 Å². The van der Waals surface area contributed by atoms with Crippen LogP contribution in [-0.4, -0.2) is 119 Å². The number of ether oxygens (including phenoxy) is 2. The highest BCUT2D eigenvalue weighted by atomic mass is 16.5. The topological polar surface area (TPSA) is 252 Å². The number of aromatic nitrogens is 2. The molecular formula is C46H52N8O10. The van der Waals surface area contributed by atoms with Crippen LogP contribution < -0.4 is 25.8 Å². The van der Waals surface area contributed by atoms with Gasteiger partial charge in [-0.15, -0.1) is 0 Å². The minimum Gasteiger partial charge on any atom is -0.497 e. The van der Waals surface area contributed by atoms with Crippen molar-refractivity contribution >= 4 is 35.4 Å². The molecule has 5 aromatic rings. The number of piperidine rings is 2. The molecule has 0 unspecified atom stereocenters. The quantitative estimate of drug-likeness (QED) is 0.0505. The second-order valence-electron chi connectivity index (χ2n) is 14.6. The predicted molar refractivity (Wildman–Crippen MR) is 235 cm³/mol. The average molecular weight is 877 g/mol. The zero-order chi connectivity index (χ0) is 45.8. The van der Waals surface area contributed by atoms with Crippen LogP contribution in [0.4, 0.5) is 0 Å². The summed E-state index contributed by atoms with van der Waals surface area (Å²) in [6, 6.07) is 31.9. The van der Waals surface area contributed by atoms with Gasteiger partial charge in [0.05, 0.1) is 33.2 Å². The van der Waals surface area contributed by atoms with Crippen LogP contribution >= 0.6 is 0 Å². The molecule has 18 heteroatoms. The summed E-state index contributed by atoms with van der Waals surface area (Å²) in [7, 11) is 3.20. The first-order valence-electron chi connectivity index (χ1n) is 20.5. The monoisotopic (exact) mass is 876 g/mol. The largest absolute Gasteiger partial charge is 0.497 e. The van der Waals surface area contributed by atoms with Gasteiger partial charge in [-0.25, -0.2) is 0 Å². The van der Waals surface area contributed by atoms with Crippen molar-refractivity contribution in [2.24, 2.45) is 16.8 Å². The van der Waals surface area contributed by atoms with E-state index in [1.807, 2.05) is 36.4 Å². The van der Waals surface area contributed by atoms with Gasteiger partial charge in [0.1, 0.15) is 11.5 Å². The molecule has 3 heterocycles. The maximum atomic E-state index is 12.5. The molecule has 0 radical (unpaired) electrons. The van der Waals surface area contributed by atoms with Gasteiger partial charge in [0.2, 0.25) is 23.5 Å². The number of methoxy groups -OCH3 is 2. The summed E-state index contributed by atoms with van der Waals surface area (Å²) in [5, 5.41) is 29.5. The van der Waals surface area contributed by atoms with E-state index < -0.39 is 5.97 Å². The van der Waals surface area contributed by atoms with Crippen molar-refractivity contribution < 1.29 is 48.3 Å². The normalized spacial score (nSPS) is 14.1. The molecule has 0 atom stereocenters. The second kappa shape index (κ2) is 24.0. The van der Waals surface area contributed by atoms with Crippen LogP contribution in [0.5, 0.6) is 11.5 Å². The molecule has 336 valence electrons. The summed E-state index contributed by atoms with van der Waals surface area (Å²) < 4.78 is 15.6. The lowest BCUT2D eigenvalue weighted by Crippen LogP contribution is -2.45. The van der Waals surface area contributed by atoms with E-state index in [9.17, 15) is 24.0 Å². The molecule has 18 nitrogen and oxygen atoms in total. The van der Waals surface area contributed by atoms with E-state index in [1.165, 1.54) is 0 Å². The Morgan fingerprint density at radius 1 is 0.688 bits per heavy atom. The molecule has 2 fully saturated rings. The molecular weight excluding hydrogens is 825 g/mol. The van der Waals surface area contributed by atoms with Gasteiger partial charge in [0.25, 0.3) is 11.8 Å². The van der Waals surface area contributed by atoms with E-state index in [-0.39, 0.29) is 54.4 Å². The van der Waals surface area contributed by atoms with Crippen LogP contribution in [0.3, 0.4) is 0 Å². The third-order valence-corrected chi connectivity index (χ3v) is 10.5. The van der Waals surface area contributed by atoms with E-state index in [4.69, 9.17) is 30.0 Å². The fraction of sp³-hybridized carbons (Fsp3) is 0.304. The Labute approximate surface area is 370 Å². The molecule has 4 aromatic carbocycles. The number of amides is 4. The van der Waals surface area contributed by atoms with E-state index in [0.29, 0.717) is 67.4 Å². The van der Waals surface area contributed by atoms with Crippen LogP contribution in [-0.2, 0) is 14.4 Å². The number of rotatable bonds is 12. The van der Waals surface area contributed by atoms with E-state index >= 15 is 0 Å². The fourth-order valence-electron chi connectivity index (χ4n) is 6.75. The van der Waals surface area contributed by atoms with Crippen LogP contribution in [0.15, 0.2) is 119 Å². The first-order valence-corrected chi connectivity index (χ1v) is 20.5. The van der Waals surface area contributed by atoms with Crippen molar-refractivity contribution in [1.29, 1.82) is 0 Å². The summed E-state index contributed by atoms with van der Waals surface area (Å²) in [5.74, 6) is 0.872. The van der Waals surface area contributed by atoms with E-state index in [0.717, 1.165) is 29.9 Å². The number of oxime groups is 1. The van der Waals surface area contributed by atoms with Crippen molar-refractivity contribution in [3.8, 4) is 22.9 Å². The van der Waals surface area contributed by atoms with Crippen molar-refractivity contribution in [3.63, 3.8) is 0 Å². The maximum Gasteiger partial charge on any atom is 0.306 e. The highest BCUT2D eigenvalue weighted by Crippen LogP contribution is 2.29. The average Bonchev–Trinajstić information content (AvgIpc) is 3.86. The molecule has 0 aliphatic carbocycles. The van der Waals surface area contributed by atoms with Crippen LogP contribution in [0, 0.1) is 5.92 Å². The molecule has 64 heavy (non-hydrogen) atoms. The molecule has 4 amide bonds. The second-order valence-corrected chi connectivity index (χ2v) is 14.6. The Bertz CT molecular complexity index is 2310. The Balaban J connectivity index is 0.000000201. The summed E-state index contributed by atoms with van der Waals surface area (Å²) in [5.41, 5.74) is 7.92. The number of carboxylic acids is 1. The number of carboxylic acid groups (broad SMARTS) is 1. The third-order valence-electron chi connectivity index (χ3n) is 10.5. The van der Waals surface area contributed by atoms with Gasteiger partial charge in [-0.3, -0.25) is 24.0 Å². The third kappa shape index (κ3) is 13.9.